The zero-order valence-electron chi connectivity index (χ0n) is 15.9. The van der Waals surface area contributed by atoms with E-state index in [0.29, 0.717) is 17.8 Å². The molecule has 0 saturated carbocycles. The molecule has 0 radical (unpaired) electrons. The standard InChI is InChI=1S/C22H21N3O4/c1-28-18-9-6-17(7-10-18)8-11-21(26)24-20-5-3-2-4-19(20)22(27)29-15-14-25-13-12-23-16-25/h2-13,16H,14-15H2,1H3,(H,24,26)/b11-8+. The highest BCUT2D eigenvalue weighted by atomic mass is 16.5. The summed E-state index contributed by atoms with van der Waals surface area (Å²) in [6.45, 7) is 0.708. The highest BCUT2D eigenvalue weighted by Gasteiger charge is 2.13. The number of nitrogens with zero attached hydrogens (tertiary/aromatic N) is 2. The minimum Gasteiger partial charge on any atom is -0.497 e. The van der Waals surface area contributed by atoms with E-state index in [9.17, 15) is 9.59 Å². The third-order valence-electron chi connectivity index (χ3n) is 4.09. The Bertz CT molecular complexity index is 980. The van der Waals surface area contributed by atoms with Crippen molar-refractivity contribution < 1.29 is 19.1 Å². The molecule has 1 aromatic heterocycles. The number of ether oxygens (including phenoxy) is 2. The van der Waals surface area contributed by atoms with Crippen molar-refractivity contribution in [2.24, 2.45) is 0 Å². The Morgan fingerprint density at radius 2 is 1.93 bits per heavy atom. The van der Waals surface area contributed by atoms with Gasteiger partial charge in [0.25, 0.3) is 0 Å². The molecule has 0 aliphatic heterocycles. The van der Waals surface area contributed by atoms with Gasteiger partial charge in [-0.2, -0.15) is 0 Å². The van der Waals surface area contributed by atoms with Crippen molar-refractivity contribution in [3.05, 3.63) is 84.5 Å². The molecule has 29 heavy (non-hydrogen) atoms. The van der Waals surface area contributed by atoms with Crippen LogP contribution in [0.25, 0.3) is 6.08 Å². The van der Waals surface area contributed by atoms with Crippen LogP contribution in [0.3, 0.4) is 0 Å². The number of anilines is 1. The molecule has 0 unspecified atom stereocenters. The molecule has 1 heterocycles. The van der Waals surface area contributed by atoms with E-state index in [-0.39, 0.29) is 12.5 Å². The van der Waals surface area contributed by atoms with Gasteiger partial charge in [0.2, 0.25) is 5.91 Å². The zero-order chi connectivity index (χ0) is 20.5. The van der Waals surface area contributed by atoms with Crippen LogP contribution in [-0.4, -0.2) is 35.1 Å². The molecule has 7 nitrogen and oxygen atoms in total. The van der Waals surface area contributed by atoms with Crippen molar-refractivity contribution in [3.63, 3.8) is 0 Å². The van der Waals surface area contributed by atoms with Gasteiger partial charge in [0.1, 0.15) is 12.4 Å². The van der Waals surface area contributed by atoms with Crippen molar-refractivity contribution in [2.75, 3.05) is 19.0 Å². The van der Waals surface area contributed by atoms with Gasteiger partial charge in [-0.25, -0.2) is 9.78 Å². The number of rotatable bonds is 8. The van der Waals surface area contributed by atoms with E-state index in [0.717, 1.165) is 11.3 Å². The van der Waals surface area contributed by atoms with Gasteiger partial charge >= 0.3 is 5.97 Å². The number of hydrogen-bond acceptors (Lipinski definition) is 5. The molecule has 0 bridgehead atoms. The van der Waals surface area contributed by atoms with Crippen LogP contribution in [-0.2, 0) is 16.1 Å². The average molecular weight is 391 g/mol. The lowest BCUT2D eigenvalue weighted by molar-refractivity contribution is -0.111. The van der Waals surface area contributed by atoms with Crippen molar-refractivity contribution in [1.29, 1.82) is 0 Å². The Hall–Kier alpha value is -3.87. The van der Waals surface area contributed by atoms with Gasteiger partial charge in [-0.05, 0) is 35.9 Å². The van der Waals surface area contributed by atoms with Gasteiger partial charge in [-0.15, -0.1) is 0 Å². The average Bonchev–Trinajstić information content (AvgIpc) is 3.26. The van der Waals surface area contributed by atoms with E-state index in [1.165, 1.54) is 6.08 Å². The molecule has 0 fully saturated rings. The first-order chi connectivity index (χ1) is 14.2. The van der Waals surface area contributed by atoms with Crippen molar-refractivity contribution in [3.8, 4) is 5.75 Å². The molecule has 1 amide bonds. The number of nitrogens with one attached hydrogen (secondary N) is 1. The minimum absolute atomic E-state index is 0.203. The van der Waals surface area contributed by atoms with Gasteiger partial charge < -0.3 is 19.4 Å². The normalized spacial score (nSPS) is 10.7. The molecule has 0 aliphatic rings. The SMILES string of the molecule is COc1ccc(/C=C/C(=O)Nc2ccccc2C(=O)OCCn2ccnc2)cc1. The van der Waals surface area contributed by atoms with Crippen LogP contribution in [0.2, 0.25) is 0 Å². The highest BCUT2D eigenvalue weighted by Crippen LogP contribution is 2.17. The number of methoxy groups -OCH3 is 1. The zero-order valence-corrected chi connectivity index (χ0v) is 15.9. The Balaban J connectivity index is 1.59. The van der Waals surface area contributed by atoms with Crippen molar-refractivity contribution in [1.82, 2.24) is 9.55 Å². The predicted octanol–water partition coefficient (Wildman–Crippen LogP) is 3.40. The second-order valence-corrected chi connectivity index (χ2v) is 6.08. The summed E-state index contributed by atoms with van der Waals surface area (Å²) in [6, 6.07) is 14.0. The maximum absolute atomic E-state index is 12.4. The number of aromatic nitrogens is 2. The quantitative estimate of drug-likeness (QED) is 0.470. The molecular formula is C22H21N3O4. The van der Waals surface area contributed by atoms with Crippen LogP contribution in [0.5, 0.6) is 5.75 Å². The summed E-state index contributed by atoms with van der Waals surface area (Å²) in [4.78, 5) is 28.6. The van der Waals surface area contributed by atoms with Gasteiger partial charge in [0.05, 0.1) is 31.2 Å². The molecule has 0 saturated heterocycles. The molecule has 7 heteroatoms. The number of hydrogen-bond donors (Lipinski definition) is 1. The lowest BCUT2D eigenvalue weighted by Crippen LogP contribution is -2.15. The minimum atomic E-state index is -0.500. The number of carbonyl (C=O) groups is 2. The summed E-state index contributed by atoms with van der Waals surface area (Å²) in [5, 5.41) is 2.72. The van der Waals surface area contributed by atoms with Crippen LogP contribution in [0.1, 0.15) is 15.9 Å². The molecule has 148 valence electrons. The summed E-state index contributed by atoms with van der Waals surface area (Å²) >= 11 is 0. The van der Waals surface area contributed by atoms with Crippen LogP contribution in [0, 0.1) is 0 Å². The van der Waals surface area contributed by atoms with E-state index in [1.54, 1.807) is 56.2 Å². The molecule has 0 atom stereocenters. The van der Waals surface area contributed by atoms with Crippen LogP contribution >= 0.6 is 0 Å². The first kappa shape index (κ1) is 19.9. The molecule has 3 rings (SSSR count). The fourth-order valence-corrected chi connectivity index (χ4v) is 2.57. The van der Waals surface area contributed by atoms with Crippen molar-refractivity contribution >= 4 is 23.6 Å². The topological polar surface area (TPSA) is 82.5 Å². The van der Waals surface area contributed by atoms with Crippen molar-refractivity contribution in [2.45, 2.75) is 6.54 Å². The maximum atomic E-state index is 12.4. The number of carbonyl (C=O) groups excluding carboxylic acids is 2. The second-order valence-electron chi connectivity index (χ2n) is 6.08. The van der Waals surface area contributed by atoms with E-state index in [4.69, 9.17) is 9.47 Å². The number of para-hydroxylation sites is 1. The fourth-order valence-electron chi connectivity index (χ4n) is 2.57. The Kier molecular flexibility index (Phi) is 6.78. The molecule has 0 aliphatic carbocycles. The Morgan fingerprint density at radius 3 is 2.66 bits per heavy atom. The number of imidazole rings is 1. The molecule has 2 aromatic carbocycles. The maximum Gasteiger partial charge on any atom is 0.340 e. The largest absolute Gasteiger partial charge is 0.497 e. The number of amides is 1. The van der Waals surface area contributed by atoms with Gasteiger partial charge in [-0.1, -0.05) is 24.3 Å². The van der Waals surface area contributed by atoms with E-state index >= 15 is 0 Å². The van der Waals surface area contributed by atoms with Gasteiger partial charge in [-0.3, -0.25) is 4.79 Å². The smallest absolute Gasteiger partial charge is 0.340 e. The third kappa shape index (κ3) is 5.80. The second kappa shape index (κ2) is 9.89. The lowest BCUT2D eigenvalue weighted by atomic mass is 10.1. The molecule has 1 N–H and O–H groups in total. The molecule has 0 spiro atoms. The summed E-state index contributed by atoms with van der Waals surface area (Å²) < 4.78 is 12.2. The Morgan fingerprint density at radius 1 is 1.14 bits per heavy atom. The first-order valence-corrected chi connectivity index (χ1v) is 9.01. The summed E-state index contributed by atoms with van der Waals surface area (Å²) in [7, 11) is 1.60. The van der Waals surface area contributed by atoms with Gasteiger partial charge in [0.15, 0.2) is 0 Å². The fraction of sp³-hybridized carbons (Fsp3) is 0.136. The van der Waals surface area contributed by atoms with Crippen LogP contribution in [0.4, 0.5) is 5.69 Å². The Labute approximate surface area is 168 Å². The molecular weight excluding hydrogens is 370 g/mol. The van der Waals surface area contributed by atoms with Gasteiger partial charge in [0, 0.05) is 18.5 Å². The van der Waals surface area contributed by atoms with Crippen LogP contribution < -0.4 is 10.1 Å². The number of benzene rings is 2. The summed E-state index contributed by atoms with van der Waals surface area (Å²) in [5.41, 5.74) is 1.54. The predicted molar refractivity (Wildman–Crippen MR) is 110 cm³/mol. The summed E-state index contributed by atoms with van der Waals surface area (Å²) in [5.74, 6) is -0.105. The lowest BCUT2D eigenvalue weighted by Gasteiger charge is -2.10. The highest BCUT2D eigenvalue weighted by molar-refractivity contribution is 6.06. The van der Waals surface area contributed by atoms with E-state index < -0.39 is 5.97 Å². The van der Waals surface area contributed by atoms with E-state index in [1.807, 2.05) is 28.8 Å². The van der Waals surface area contributed by atoms with E-state index in [2.05, 4.69) is 10.3 Å². The van der Waals surface area contributed by atoms with Crippen LogP contribution in [0.15, 0.2) is 73.3 Å². The molecule has 3 aromatic rings. The first-order valence-electron chi connectivity index (χ1n) is 9.01. The monoisotopic (exact) mass is 391 g/mol. The summed E-state index contributed by atoms with van der Waals surface area (Å²) in [6.07, 6.45) is 8.18. The number of esters is 1. The third-order valence-corrected chi connectivity index (χ3v) is 4.09.